The van der Waals surface area contributed by atoms with Crippen molar-refractivity contribution in [2.75, 3.05) is 13.3 Å². The quantitative estimate of drug-likeness (QED) is 0.595. The van der Waals surface area contributed by atoms with Crippen molar-refractivity contribution in [3.05, 3.63) is 40.4 Å². The lowest BCUT2D eigenvalue weighted by Gasteiger charge is -2.16. The van der Waals surface area contributed by atoms with Gasteiger partial charge >= 0.3 is 0 Å². The zero-order valence-electron chi connectivity index (χ0n) is 13.3. The third kappa shape index (κ3) is 3.45. The maximum atomic E-state index is 5.51. The molecule has 0 saturated heterocycles. The van der Waals surface area contributed by atoms with Gasteiger partial charge in [-0.05, 0) is 56.1 Å². The topological polar surface area (TPSA) is 26.0 Å². The lowest BCUT2D eigenvalue weighted by molar-refractivity contribution is 0.243. The molecule has 0 atom stereocenters. The van der Waals surface area contributed by atoms with Gasteiger partial charge in [0.05, 0.1) is 6.67 Å². The fraction of sp³-hybridized carbons (Fsp3) is 0.500. The average molecular weight is 335 g/mol. The molecule has 2 aromatic rings. The second-order valence-corrected chi connectivity index (χ2v) is 7.22. The summed E-state index contributed by atoms with van der Waals surface area (Å²) in [5, 5.41) is 4.71. The lowest BCUT2D eigenvalue weighted by atomic mass is 10.2. The van der Waals surface area contributed by atoms with E-state index in [1.807, 2.05) is 11.7 Å². The third-order valence-corrected chi connectivity index (χ3v) is 5.23. The Morgan fingerprint density at radius 1 is 1.32 bits per heavy atom. The Bertz CT molecular complexity index is 698. The Morgan fingerprint density at radius 2 is 2.00 bits per heavy atom. The Balaban J connectivity index is 1.67. The van der Waals surface area contributed by atoms with Gasteiger partial charge in [-0.2, -0.15) is 5.10 Å². The molecule has 3 rings (SSSR count). The van der Waals surface area contributed by atoms with Gasteiger partial charge in [-0.3, -0.25) is 4.90 Å². The van der Waals surface area contributed by atoms with Crippen LogP contribution in [0.2, 0.25) is 0 Å². The van der Waals surface area contributed by atoms with Gasteiger partial charge in [-0.15, -0.1) is 11.8 Å². The van der Waals surface area contributed by atoms with E-state index in [2.05, 4.69) is 47.0 Å². The van der Waals surface area contributed by atoms with E-state index < -0.39 is 0 Å². The standard InChI is InChI=1S/C16H22N4S2/c1-18(10-12-4-8-14(22-3)9-5-12)11-20-16(21)19(2)15(17-20)13-6-7-13/h4-5,8-9,13H,6-7,10-11H2,1-3H3. The smallest absolute Gasteiger partial charge is 0.198 e. The summed E-state index contributed by atoms with van der Waals surface area (Å²) in [6.07, 6.45) is 4.59. The molecule has 1 aromatic heterocycles. The van der Waals surface area contributed by atoms with E-state index in [0.717, 1.165) is 23.8 Å². The van der Waals surface area contributed by atoms with Crippen molar-refractivity contribution >= 4 is 24.0 Å². The van der Waals surface area contributed by atoms with Crippen molar-refractivity contribution in [3.63, 3.8) is 0 Å². The average Bonchev–Trinajstić information content (AvgIpc) is 3.31. The molecule has 1 saturated carbocycles. The van der Waals surface area contributed by atoms with Crippen molar-refractivity contribution < 1.29 is 0 Å². The first kappa shape index (κ1) is 15.8. The molecule has 1 aliphatic carbocycles. The number of thioether (sulfide) groups is 1. The van der Waals surface area contributed by atoms with Gasteiger partial charge in [0, 0.05) is 24.4 Å². The van der Waals surface area contributed by atoms with Gasteiger partial charge in [-0.1, -0.05) is 12.1 Å². The molecule has 0 amide bonds. The number of aromatic nitrogens is 3. The number of nitrogens with zero attached hydrogens (tertiary/aromatic N) is 4. The van der Waals surface area contributed by atoms with Crippen molar-refractivity contribution in [1.82, 2.24) is 19.2 Å². The van der Waals surface area contributed by atoms with Crippen molar-refractivity contribution in [1.29, 1.82) is 0 Å². The molecule has 1 fully saturated rings. The Hall–Kier alpha value is -1.11. The molecule has 4 nitrogen and oxygen atoms in total. The van der Waals surface area contributed by atoms with Gasteiger partial charge in [0.25, 0.3) is 0 Å². The van der Waals surface area contributed by atoms with E-state index in [1.54, 1.807) is 11.8 Å². The first-order chi connectivity index (χ1) is 10.6. The molecular weight excluding hydrogens is 312 g/mol. The highest BCUT2D eigenvalue weighted by Crippen LogP contribution is 2.38. The Morgan fingerprint density at radius 3 is 2.59 bits per heavy atom. The van der Waals surface area contributed by atoms with E-state index >= 15 is 0 Å². The van der Waals surface area contributed by atoms with E-state index in [-0.39, 0.29) is 0 Å². The summed E-state index contributed by atoms with van der Waals surface area (Å²) >= 11 is 7.28. The lowest BCUT2D eigenvalue weighted by Crippen LogP contribution is -2.22. The van der Waals surface area contributed by atoms with Crippen LogP contribution in [0.15, 0.2) is 29.2 Å². The number of rotatable bonds is 6. The van der Waals surface area contributed by atoms with Crippen LogP contribution in [0.5, 0.6) is 0 Å². The van der Waals surface area contributed by atoms with Crippen LogP contribution < -0.4 is 0 Å². The van der Waals surface area contributed by atoms with E-state index in [0.29, 0.717) is 5.92 Å². The highest BCUT2D eigenvalue weighted by atomic mass is 32.2. The van der Waals surface area contributed by atoms with Crippen molar-refractivity contribution in [2.24, 2.45) is 7.05 Å². The van der Waals surface area contributed by atoms with E-state index in [1.165, 1.54) is 23.3 Å². The van der Waals surface area contributed by atoms with Crippen LogP contribution in [0.25, 0.3) is 0 Å². The van der Waals surface area contributed by atoms with Gasteiger partial charge < -0.3 is 4.57 Å². The summed E-state index contributed by atoms with van der Waals surface area (Å²) in [5.41, 5.74) is 1.31. The molecule has 0 radical (unpaired) electrons. The Kier molecular flexibility index (Phi) is 4.70. The second kappa shape index (κ2) is 6.56. The van der Waals surface area contributed by atoms with Crippen molar-refractivity contribution in [2.45, 2.75) is 36.9 Å². The van der Waals surface area contributed by atoms with Crippen LogP contribution in [-0.2, 0) is 20.3 Å². The molecule has 1 aromatic carbocycles. The second-order valence-electron chi connectivity index (χ2n) is 5.98. The molecule has 0 spiro atoms. The monoisotopic (exact) mass is 334 g/mol. The highest BCUT2D eigenvalue weighted by Gasteiger charge is 2.29. The van der Waals surface area contributed by atoms with Crippen LogP contribution in [0, 0.1) is 4.77 Å². The molecule has 1 aliphatic rings. The third-order valence-electron chi connectivity index (χ3n) is 4.00. The van der Waals surface area contributed by atoms with Crippen LogP contribution in [-0.4, -0.2) is 32.6 Å². The molecule has 0 aliphatic heterocycles. The minimum atomic E-state index is 0.623. The molecule has 0 N–H and O–H groups in total. The van der Waals surface area contributed by atoms with Crippen LogP contribution in [0.1, 0.15) is 30.1 Å². The number of hydrogen-bond donors (Lipinski definition) is 0. The fourth-order valence-electron chi connectivity index (χ4n) is 2.62. The summed E-state index contributed by atoms with van der Waals surface area (Å²) in [6, 6.07) is 8.72. The maximum Gasteiger partial charge on any atom is 0.198 e. The Labute approximate surface area is 141 Å². The fourth-order valence-corrected chi connectivity index (χ4v) is 3.22. The SMILES string of the molecule is CSc1ccc(CN(C)Cn2nc(C3CC3)n(C)c2=S)cc1. The number of benzene rings is 1. The molecule has 1 heterocycles. The summed E-state index contributed by atoms with van der Waals surface area (Å²) in [4.78, 5) is 3.54. The zero-order valence-corrected chi connectivity index (χ0v) is 15.0. The molecule has 0 bridgehead atoms. The predicted octanol–water partition coefficient (Wildman–Crippen LogP) is 3.64. The molecular formula is C16H22N4S2. The minimum Gasteiger partial charge on any atom is -0.307 e. The summed E-state index contributed by atoms with van der Waals surface area (Å²) in [5.74, 6) is 1.76. The normalized spacial score (nSPS) is 14.7. The molecule has 118 valence electrons. The largest absolute Gasteiger partial charge is 0.307 e. The highest BCUT2D eigenvalue weighted by molar-refractivity contribution is 7.98. The minimum absolute atomic E-state index is 0.623. The molecule has 22 heavy (non-hydrogen) atoms. The summed E-state index contributed by atoms with van der Waals surface area (Å²) < 4.78 is 4.82. The van der Waals surface area contributed by atoms with E-state index in [4.69, 9.17) is 17.3 Å². The summed E-state index contributed by atoms with van der Waals surface area (Å²) in [7, 11) is 4.14. The van der Waals surface area contributed by atoms with Gasteiger partial charge in [0.15, 0.2) is 4.77 Å². The zero-order chi connectivity index (χ0) is 15.7. The molecule has 0 unspecified atom stereocenters. The first-order valence-corrected chi connectivity index (χ1v) is 9.17. The van der Waals surface area contributed by atoms with Crippen LogP contribution >= 0.6 is 24.0 Å². The van der Waals surface area contributed by atoms with Crippen LogP contribution in [0.3, 0.4) is 0 Å². The van der Waals surface area contributed by atoms with Gasteiger partial charge in [-0.25, -0.2) is 4.68 Å². The molecule has 6 heteroatoms. The predicted molar refractivity (Wildman–Crippen MR) is 93.7 cm³/mol. The maximum absolute atomic E-state index is 5.51. The summed E-state index contributed by atoms with van der Waals surface area (Å²) in [6.45, 7) is 1.62. The van der Waals surface area contributed by atoms with Crippen molar-refractivity contribution in [3.8, 4) is 0 Å². The van der Waals surface area contributed by atoms with Gasteiger partial charge in [0.2, 0.25) is 0 Å². The first-order valence-electron chi connectivity index (χ1n) is 7.53. The van der Waals surface area contributed by atoms with E-state index in [9.17, 15) is 0 Å². The van der Waals surface area contributed by atoms with Crippen LogP contribution in [0.4, 0.5) is 0 Å². The number of hydrogen-bond acceptors (Lipinski definition) is 4. The van der Waals surface area contributed by atoms with Gasteiger partial charge in [0.1, 0.15) is 5.82 Å².